The van der Waals surface area contributed by atoms with Gasteiger partial charge in [-0.15, -0.1) is 0 Å². The number of rotatable bonds is 10. The van der Waals surface area contributed by atoms with Crippen LogP contribution in [0.3, 0.4) is 0 Å². The summed E-state index contributed by atoms with van der Waals surface area (Å²) in [4.78, 5) is 35.7. The molecule has 0 fully saturated rings. The van der Waals surface area contributed by atoms with Crippen molar-refractivity contribution in [2.75, 3.05) is 6.54 Å². The molecule has 2 amide bonds. The first kappa shape index (κ1) is 28.4. The number of aliphatic hydroxyl groups is 1. The number of hydrogen-bond donors (Lipinski definition) is 3. The van der Waals surface area contributed by atoms with E-state index in [4.69, 9.17) is 9.47 Å². The summed E-state index contributed by atoms with van der Waals surface area (Å²) in [5.74, 6) is -1.09. The number of alkyl carbamates (subject to hydrolysis) is 1. The normalized spacial score (nSPS) is 12.5. The Morgan fingerprint density at radius 3 is 2.26 bits per heavy atom. The van der Waals surface area contributed by atoms with Crippen LogP contribution in [0.1, 0.15) is 66.4 Å². The molecule has 0 saturated carbocycles. The second kappa shape index (κ2) is 15.2. The van der Waals surface area contributed by atoms with Crippen molar-refractivity contribution in [3.63, 3.8) is 0 Å². The highest BCUT2D eigenvalue weighted by Crippen LogP contribution is 2.10. The van der Waals surface area contributed by atoms with Crippen LogP contribution in [0, 0.1) is 0 Å². The van der Waals surface area contributed by atoms with Gasteiger partial charge in [-0.2, -0.15) is 0 Å². The van der Waals surface area contributed by atoms with Crippen molar-refractivity contribution in [2.24, 2.45) is 0 Å². The molecular weight excluding hydrogens is 400 g/mol. The molecule has 0 aromatic heterocycles. The summed E-state index contributed by atoms with van der Waals surface area (Å²) in [5, 5.41) is 15.3. The van der Waals surface area contributed by atoms with Gasteiger partial charge in [0.1, 0.15) is 18.8 Å². The van der Waals surface area contributed by atoms with Gasteiger partial charge in [0.05, 0.1) is 18.6 Å². The second-order valence-corrected chi connectivity index (χ2v) is 7.74. The molecule has 1 rings (SSSR count). The van der Waals surface area contributed by atoms with E-state index in [1.165, 1.54) is 0 Å². The number of hydrogen-bond acceptors (Lipinski definition) is 6. The highest BCUT2D eigenvalue weighted by molar-refractivity contribution is 5.82. The zero-order chi connectivity index (χ0) is 23.9. The number of esters is 1. The van der Waals surface area contributed by atoms with Crippen LogP contribution in [-0.2, 0) is 25.7 Å². The van der Waals surface area contributed by atoms with E-state index in [2.05, 4.69) is 10.6 Å². The molecule has 0 aliphatic carbocycles. The third-order valence-electron chi connectivity index (χ3n) is 3.83. The van der Waals surface area contributed by atoms with Crippen molar-refractivity contribution in [3.05, 3.63) is 35.9 Å². The molecular formula is C23H38N2O6. The molecule has 1 unspecified atom stereocenters. The highest BCUT2D eigenvalue weighted by atomic mass is 16.6. The summed E-state index contributed by atoms with van der Waals surface area (Å²) in [6.07, 6.45) is -0.841. The first-order valence-electron chi connectivity index (χ1n) is 10.7. The van der Waals surface area contributed by atoms with Crippen molar-refractivity contribution >= 4 is 18.0 Å². The fourth-order valence-electron chi connectivity index (χ4n) is 2.49. The Balaban J connectivity index is 0.00000436. The van der Waals surface area contributed by atoms with E-state index in [9.17, 15) is 19.5 Å². The van der Waals surface area contributed by atoms with Crippen molar-refractivity contribution in [2.45, 2.75) is 85.2 Å². The van der Waals surface area contributed by atoms with Crippen LogP contribution in [0.25, 0.3) is 0 Å². The summed E-state index contributed by atoms with van der Waals surface area (Å²) in [7, 11) is 0. The Morgan fingerprint density at radius 1 is 1.10 bits per heavy atom. The molecule has 3 N–H and O–H groups in total. The van der Waals surface area contributed by atoms with Crippen molar-refractivity contribution < 1.29 is 29.0 Å². The first-order valence-corrected chi connectivity index (χ1v) is 10.7. The zero-order valence-electron chi connectivity index (χ0n) is 19.6. The average Bonchev–Trinajstić information content (AvgIpc) is 2.71. The van der Waals surface area contributed by atoms with Crippen LogP contribution in [-0.4, -0.2) is 47.4 Å². The molecule has 0 aliphatic rings. The lowest BCUT2D eigenvalue weighted by Gasteiger charge is -2.26. The van der Waals surface area contributed by atoms with E-state index in [0.717, 1.165) is 5.56 Å². The summed E-state index contributed by atoms with van der Waals surface area (Å²) < 4.78 is 10.3. The smallest absolute Gasteiger partial charge is 0.407 e. The number of amides is 2. The van der Waals surface area contributed by atoms with Gasteiger partial charge in [-0.05, 0) is 32.8 Å². The predicted octanol–water partition coefficient (Wildman–Crippen LogP) is 3.32. The van der Waals surface area contributed by atoms with Gasteiger partial charge in [0.25, 0.3) is 0 Å². The largest absolute Gasteiger partial charge is 0.460 e. The quantitative estimate of drug-likeness (QED) is 0.483. The molecule has 0 aliphatic heterocycles. The van der Waals surface area contributed by atoms with Crippen molar-refractivity contribution in [1.82, 2.24) is 10.6 Å². The molecule has 0 radical (unpaired) electrons. The maximum absolute atomic E-state index is 12.0. The van der Waals surface area contributed by atoms with Crippen LogP contribution in [0.2, 0.25) is 0 Å². The summed E-state index contributed by atoms with van der Waals surface area (Å²) in [6, 6.07) is 8.56. The SMILES string of the molecule is CC.CCC[C@H](NC(=O)OC(C)(C)C)C(O)CC(=O)NCC(=O)OCc1ccccc1. The Morgan fingerprint density at radius 2 is 1.71 bits per heavy atom. The molecule has 0 saturated heterocycles. The lowest BCUT2D eigenvalue weighted by Crippen LogP contribution is -2.47. The fraction of sp³-hybridized carbons (Fsp3) is 0.609. The zero-order valence-corrected chi connectivity index (χ0v) is 19.6. The van der Waals surface area contributed by atoms with Crippen LogP contribution >= 0.6 is 0 Å². The van der Waals surface area contributed by atoms with Crippen LogP contribution < -0.4 is 10.6 Å². The lowest BCUT2D eigenvalue weighted by molar-refractivity contribution is -0.145. The van der Waals surface area contributed by atoms with E-state index in [-0.39, 0.29) is 19.6 Å². The van der Waals surface area contributed by atoms with E-state index < -0.39 is 35.7 Å². The summed E-state index contributed by atoms with van der Waals surface area (Å²) in [5.41, 5.74) is 0.182. The molecule has 1 aromatic rings. The number of ether oxygens (including phenoxy) is 2. The van der Waals surface area contributed by atoms with Gasteiger partial charge >= 0.3 is 12.1 Å². The highest BCUT2D eigenvalue weighted by Gasteiger charge is 2.25. The van der Waals surface area contributed by atoms with Gasteiger partial charge in [0, 0.05) is 0 Å². The number of carbonyl (C=O) groups excluding carboxylic acids is 3. The van der Waals surface area contributed by atoms with E-state index in [1.807, 2.05) is 51.1 Å². The first-order chi connectivity index (χ1) is 14.6. The third kappa shape index (κ3) is 14.1. The molecule has 8 heteroatoms. The molecule has 176 valence electrons. The van der Waals surface area contributed by atoms with Crippen molar-refractivity contribution in [1.29, 1.82) is 0 Å². The number of nitrogens with one attached hydrogen (secondary N) is 2. The van der Waals surface area contributed by atoms with Gasteiger partial charge in [-0.1, -0.05) is 57.5 Å². The Labute approximate surface area is 185 Å². The van der Waals surface area contributed by atoms with Gasteiger partial charge in [-0.25, -0.2) is 4.79 Å². The minimum atomic E-state index is -1.11. The van der Waals surface area contributed by atoms with Gasteiger partial charge in [0.15, 0.2) is 0 Å². The van der Waals surface area contributed by atoms with Crippen molar-refractivity contribution in [3.8, 4) is 0 Å². The maximum Gasteiger partial charge on any atom is 0.407 e. The van der Waals surface area contributed by atoms with E-state index in [0.29, 0.717) is 12.8 Å². The molecule has 8 nitrogen and oxygen atoms in total. The molecule has 1 aromatic carbocycles. The lowest BCUT2D eigenvalue weighted by atomic mass is 10.0. The number of benzene rings is 1. The second-order valence-electron chi connectivity index (χ2n) is 7.74. The monoisotopic (exact) mass is 438 g/mol. The molecule has 0 heterocycles. The fourth-order valence-corrected chi connectivity index (χ4v) is 2.49. The van der Waals surface area contributed by atoms with E-state index >= 15 is 0 Å². The Hall–Kier alpha value is -2.61. The molecule has 0 bridgehead atoms. The third-order valence-corrected chi connectivity index (χ3v) is 3.83. The van der Waals surface area contributed by atoms with Gasteiger partial charge < -0.3 is 25.2 Å². The maximum atomic E-state index is 12.0. The molecule has 2 atom stereocenters. The molecule has 0 spiro atoms. The average molecular weight is 439 g/mol. The summed E-state index contributed by atoms with van der Waals surface area (Å²) in [6.45, 7) is 10.9. The summed E-state index contributed by atoms with van der Waals surface area (Å²) >= 11 is 0. The van der Waals surface area contributed by atoms with Crippen LogP contribution in [0.5, 0.6) is 0 Å². The Kier molecular flexibility index (Phi) is 13.9. The predicted molar refractivity (Wildman–Crippen MR) is 119 cm³/mol. The molecule has 31 heavy (non-hydrogen) atoms. The Bertz CT molecular complexity index is 658. The van der Waals surface area contributed by atoms with Gasteiger partial charge in [-0.3, -0.25) is 9.59 Å². The number of carbonyl (C=O) groups is 3. The van der Waals surface area contributed by atoms with Crippen LogP contribution in [0.4, 0.5) is 4.79 Å². The van der Waals surface area contributed by atoms with E-state index in [1.54, 1.807) is 20.8 Å². The minimum Gasteiger partial charge on any atom is -0.460 e. The topological polar surface area (TPSA) is 114 Å². The standard InChI is InChI=1S/C21H32N2O6.C2H6/c1-5-9-16(23-20(27)29-21(2,3)4)17(24)12-18(25)22-13-19(26)28-14-15-10-7-6-8-11-15;1-2/h6-8,10-11,16-17,24H,5,9,12-14H2,1-4H3,(H,22,25)(H,23,27);1-2H3/t16-,17?;/m0./s1. The number of aliphatic hydroxyl groups excluding tert-OH is 1. The van der Waals surface area contributed by atoms with Gasteiger partial charge in [0.2, 0.25) is 5.91 Å². The van der Waals surface area contributed by atoms with Crippen LogP contribution in [0.15, 0.2) is 30.3 Å². The minimum absolute atomic E-state index is 0.122.